The van der Waals surface area contributed by atoms with Crippen molar-refractivity contribution < 1.29 is 14.3 Å². The van der Waals surface area contributed by atoms with Gasteiger partial charge in [0.15, 0.2) is 10.1 Å². The van der Waals surface area contributed by atoms with E-state index in [9.17, 15) is 9.59 Å². The van der Waals surface area contributed by atoms with E-state index in [1.54, 1.807) is 31.4 Å². The molecule has 1 aliphatic carbocycles. The average molecular weight is 405 g/mol. The number of amides is 1. The second kappa shape index (κ2) is 9.90. The monoisotopic (exact) mass is 404 g/mol. The molecular weight excluding hydrogens is 380 g/mol. The van der Waals surface area contributed by atoms with E-state index < -0.39 is 0 Å². The lowest BCUT2D eigenvalue weighted by atomic mass is 9.95. The summed E-state index contributed by atoms with van der Waals surface area (Å²) < 4.78 is 5.92. The molecule has 144 valence electrons. The first-order chi connectivity index (χ1) is 13.1. The Morgan fingerprint density at radius 1 is 1.22 bits per heavy atom. The molecule has 1 aromatic heterocycles. The van der Waals surface area contributed by atoms with Crippen LogP contribution in [0.1, 0.15) is 48.2 Å². The number of aromatic nitrogens is 1. The van der Waals surface area contributed by atoms with Crippen molar-refractivity contribution in [2.75, 3.05) is 12.9 Å². The summed E-state index contributed by atoms with van der Waals surface area (Å²) in [6, 6.07) is 7.42. The number of thioether (sulfide) groups is 1. The summed E-state index contributed by atoms with van der Waals surface area (Å²) in [6.45, 7) is 0. The molecule has 0 aliphatic heterocycles. The van der Waals surface area contributed by atoms with E-state index in [1.807, 2.05) is 5.38 Å². The van der Waals surface area contributed by atoms with E-state index in [-0.39, 0.29) is 11.7 Å². The molecule has 27 heavy (non-hydrogen) atoms. The number of rotatable bonds is 8. The van der Waals surface area contributed by atoms with Gasteiger partial charge in [-0.3, -0.25) is 9.59 Å². The van der Waals surface area contributed by atoms with Crippen LogP contribution in [0.15, 0.2) is 34.0 Å². The van der Waals surface area contributed by atoms with Gasteiger partial charge in [-0.05, 0) is 37.1 Å². The van der Waals surface area contributed by atoms with Crippen LogP contribution >= 0.6 is 23.1 Å². The van der Waals surface area contributed by atoms with Gasteiger partial charge >= 0.3 is 0 Å². The normalized spacial score (nSPS) is 14.7. The van der Waals surface area contributed by atoms with Crippen molar-refractivity contribution in [3.8, 4) is 5.75 Å². The van der Waals surface area contributed by atoms with E-state index >= 15 is 0 Å². The fourth-order valence-electron chi connectivity index (χ4n) is 3.11. The third kappa shape index (κ3) is 6.07. The number of thiazole rings is 1. The molecule has 2 aromatic rings. The largest absolute Gasteiger partial charge is 0.497 e. The maximum atomic E-state index is 12.3. The minimum absolute atomic E-state index is 0.0399. The molecule has 7 heteroatoms. The van der Waals surface area contributed by atoms with Gasteiger partial charge in [0, 0.05) is 17.0 Å². The first-order valence-corrected chi connectivity index (χ1v) is 11.0. The second-order valence-electron chi connectivity index (χ2n) is 6.62. The van der Waals surface area contributed by atoms with Gasteiger partial charge in [0.25, 0.3) is 0 Å². The molecular formula is C20H24N2O3S2. The van der Waals surface area contributed by atoms with Crippen LogP contribution in [0.5, 0.6) is 5.75 Å². The highest BCUT2D eigenvalue weighted by molar-refractivity contribution is 8.01. The molecule has 1 saturated carbocycles. The number of carbonyl (C=O) groups excluding carboxylic acids is 2. The molecule has 5 nitrogen and oxygen atoms in total. The number of hydrogen-bond donors (Lipinski definition) is 1. The Bertz CT molecular complexity index is 768. The smallest absolute Gasteiger partial charge is 0.226 e. The molecule has 1 fully saturated rings. The number of nitrogens with zero attached hydrogens (tertiary/aromatic N) is 1. The number of Topliss-reactive ketones (excluding diaryl/α,β-unsaturated/α-hetero) is 1. The van der Waals surface area contributed by atoms with Crippen LogP contribution in [0.4, 0.5) is 0 Å². The van der Waals surface area contributed by atoms with Crippen LogP contribution in [0.3, 0.4) is 0 Å². The third-order valence-electron chi connectivity index (χ3n) is 4.58. The van der Waals surface area contributed by atoms with E-state index in [0.29, 0.717) is 23.8 Å². The zero-order chi connectivity index (χ0) is 19.1. The van der Waals surface area contributed by atoms with Gasteiger partial charge in [-0.15, -0.1) is 11.3 Å². The summed E-state index contributed by atoms with van der Waals surface area (Å²) in [5.74, 6) is 1.15. The number of methoxy groups -OCH3 is 1. The maximum Gasteiger partial charge on any atom is 0.226 e. The summed E-state index contributed by atoms with van der Waals surface area (Å²) in [5.41, 5.74) is 1.43. The lowest BCUT2D eigenvalue weighted by Gasteiger charge is -2.22. The number of nitrogens with one attached hydrogen (secondary N) is 1. The topological polar surface area (TPSA) is 68.3 Å². The summed E-state index contributed by atoms with van der Waals surface area (Å²) >= 11 is 2.89. The van der Waals surface area contributed by atoms with Gasteiger partial charge < -0.3 is 10.1 Å². The van der Waals surface area contributed by atoms with Crippen molar-refractivity contribution in [3.05, 3.63) is 40.9 Å². The highest BCUT2D eigenvalue weighted by Gasteiger charge is 2.17. The molecule has 0 saturated heterocycles. The van der Waals surface area contributed by atoms with Crippen LogP contribution in [-0.4, -0.2) is 35.6 Å². The molecule has 1 aromatic carbocycles. The third-order valence-corrected chi connectivity index (χ3v) is 6.65. The molecule has 1 N–H and O–H groups in total. The lowest BCUT2D eigenvalue weighted by molar-refractivity contribution is -0.121. The molecule has 1 amide bonds. The van der Waals surface area contributed by atoms with E-state index in [4.69, 9.17) is 4.74 Å². The van der Waals surface area contributed by atoms with Crippen LogP contribution in [0.2, 0.25) is 0 Å². The Labute approximate surface area is 167 Å². The highest BCUT2D eigenvalue weighted by Crippen LogP contribution is 2.24. The second-order valence-corrected chi connectivity index (χ2v) is 8.70. The molecule has 0 atom stereocenters. The Morgan fingerprint density at radius 3 is 2.67 bits per heavy atom. The highest BCUT2D eigenvalue weighted by atomic mass is 32.2. The zero-order valence-corrected chi connectivity index (χ0v) is 17.0. The molecule has 0 bridgehead atoms. The van der Waals surface area contributed by atoms with Crippen molar-refractivity contribution in [1.29, 1.82) is 0 Å². The molecule has 3 rings (SSSR count). The summed E-state index contributed by atoms with van der Waals surface area (Å²) in [7, 11) is 1.60. The predicted octanol–water partition coefficient (Wildman–Crippen LogP) is 4.12. The summed E-state index contributed by atoms with van der Waals surface area (Å²) in [6.07, 6.45) is 6.14. The van der Waals surface area contributed by atoms with Crippen LogP contribution in [0, 0.1) is 0 Å². The van der Waals surface area contributed by atoms with E-state index in [1.165, 1.54) is 42.4 Å². The Morgan fingerprint density at radius 2 is 1.96 bits per heavy atom. The Hall–Kier alpha value is -1.86. The van der Waals surface area contributed by atoms with Crippen molar-refractivity contribution in [3.63, 3.8) is 0 Å². The van der Waals surface area contributed by atoms with E-state index in [2.05, 4.69) is 10.3 Å². The predicted molar refractivity (Wildman–Crippen MR) is 109 cm³/mol. The fourth-order valence-corrected chi connectivity index (χ4v) is 4.85. The first kappa shape index (κ1) is 19.9. The number of hydrogen-bond acceptors (Lipinski definition) is 6. The molecule has 0 unspecified atom stereocenters. The van der Waals surface area contributed by atoms with Crippen LogP contribution in [-0.2, 0) is 11.2 Å². The van der Waals surface area contributed by atoms with Gasteiger partial charge in [0.05, 0.1) is 25.0 Å². The number of ether oxygens (including phenoxy) is 1. The zero-order valence-electron chi connectivity index (χ0n) is 15.4. The minimum Gasteiger partial charge on any atom is -0.497 e. The Kier molecular flexibility index (Phi) is 7.29. The summed E-state index contributed by atoms with van der Waals surface area (Å²) in [4.78, 5) is 28.9. The van der Waals surface area contributed by atoms with Gasteiger partial charge in [-0.2, -0.15) is 0 Å². The molecule has 0 radical (unpaired) electrons. The van der Waals surface area contributed by atoms with Crippen molar-refractivity contribution >= 4 is 34.8 Å². The standard InChI is InChI=1S/C20H24N2O3S2/c1-25-17-9-7-14(8-10-17)18(23)13-27-20-22-16(12-26-20)11-19(24)21-15-5-3-2-4-6-15/h7-10,12,15H,2-6,11,13H2,1H3,(H,21,24). The van der Waals surface area contributed by atoms with Gasteiger partial charge in [-0.25, -0.2) is 4.98 Å². The lowest BCUT2D eigenvalue weighted by Crippen LogP contribution is -2.37. The number of ketones is 1. The molecule has 1 heterocycles. The molecule has 1 aliphatic rings. The van der Waals surface area contributed by atoms with Crippen molar-refractivity contribution in [1.82, 2.24) is 10.3 Å². The van der Waals surface area contributed by atoms with Crippen molar-refractivity contribution in [2.24, 2.45) is 0 Å². The van der Waals surface area contributed by atoms with Gasteiger partial charge in [-0.1, -0.05) is 31.0 Å². The molecule has 0 spiro atoms. The van der Waals surface area contributed by atoms with E-state index in [0.717, 1.165) is 28.6 Å². The average Bonchev–Trinajstić information content (AvgIpc) is 3.14. The van der Waals surface area contributed by atoms with Crippen molar-refractivity contribution in [2.45, 2.75) is 48.9 Å². The fraction of sp³-hybridized carbons (Fsp3) is 0.450. The SMILES string of the molecule is COc1ccc(C(=O)CSc2nc(CC(=O)NC3CCCCC3)cs2)cc1. The maximum absolute atomic E-state index is 12.3. The number of carbonyl (C=O) groups is 2. The first-order valence-electron chi connectivity index (χ1n) is 9.18. The van der Waals surface area contributed by atoms with Crippen LogP contribution < -0.4 is 10.1 Å². The van der Waals surface area contributed by atoms with Gasteiger partial charge in [0.2, 0.25) is 5.91 Å². The minimum atomic E-state index is 0.0399. The van der Waals surface area contributed by atoms with Gasteiger partial charge in [0.1, 0.15) is 5.75 Å². The quantitative estimate of drug-likeness (QED) is 0.529. The Balaban J connectivity index is 1.45. The summed E-state index contributed by atoms with van der Waals surface area (Å²) in [5, 5.41) is 5.02. The number of benzene rings is 1. The van der Waals surface area contributed by atoms with Crippen LogP contribution in [0.25, 0.3) is 0 Å².